The summed E-state index contributed by atoms with van der Waals surface area (Å²) in [4.78, 5) is 5.42. The number of hydrogen-bond acceptors (Lipinski definition) is 3. The van der Waals surface area contributed by atoms with Crippen LogP contribution >= 0.6 is 0 Å². The molecule has 3 aliphatic carbocycles. The Kier molecular flexibility index (Phi) is 8.99. The lowest BCUT2D eigenvalue weighted by molar-refractivity contribution is 0.331. The number of fused-ring (bicyclic) bond motifs is 10. The number of rotatable bonds is 2. The van der Waals surface area contributed by atoms with Crippen LogP contribution in [-0.4, -0.2) is 6.71 Å². The predicted octanol–water partition coefficient (Wildman–Crippen LogP) is 16.2. The number of aryl methyl sites for hydroxylation is 2. The number of benzene rings is 6. The maximum atomic E-state index is 6.90. The first-order valence-corrected chi connectivity index (χ1v) is 26.3. The van der Waals surface area contributed by atoms with Crippen LogP contribution in [0.2, 0.25) is 0 Å². The summed E-state index contributed by atoms with van der Waals surface area (Å²) >= 11 is 0. The Morgan fingerprint density at radius 3 is 1.46 bits per heavy atom. The van der Waals surface area contributed by atoms with Crippen molar-refractivity contribution in [3.63, 3.8) is 0 Å². The second kappa shape index (κ2) is 13.8. The van der Waals surface area contributed by atoms with Crippen molar-refractivity contribution in [3.05, 3.63) is 135 Å². The van der Waals surface area contributed by atoms with Crippen LogP contribution < -0.4 is 26.2 Å². The van der Waals surface area contributed by atoms with E-state index in [1.54, 1.807) is 0 Å². The van der Waals surface area contributed by atoms with Crippen molar-refractivity contribution in [2.24, 2.45) is 0 Å². The van der Waals surface area contributed by atoms with Gasteiger partial charge >= 0.3 is 0 Å². The molecule has 2 aliphatic heterocycles. The van der Waals surface area contributed by atoms with Crippen LogP contribution in [0, 0.1) is 13.8 Å². The second-order valence-electron chi connectivity index (χ2n) is 27.6. The molecule has 3 heterocycles. The fraction of sp³-hybridized carbons (Fsp3) is 0.446. The average Bonchev–Trinajstić information content (AvgIpc) is 3.72. The van der Waals surface area contributed by atoms with Crippen LogP contribution in [-0.2, 0) is 37.9 Å². The zero-order valence-corrected chi connectivity index (χ0v) is 45.0. The minimum atomic E-state index is 0.00709. The van der Waals surface area contributed by atoms with Crippen LogP contribution in [0.1, 0.15) is 186 Å². The molecule has 0 atom stereocenters. The molecule has 12 rings (SSSR count). The summed E-state index contributed by atoms with van der Waals surface area (Å²) in [6, 6.07) is 34.7. The fourth-order valence-corrected chi connectivity index (χ4v) is 14.6. The van der Waals surface area contributed by atoms with E-state index < -0.39 is 0 Å². The SMILES string of the molecule is Cc1cc2c3c(c1)N(c1cccc4oc5cc(C(C)(C)C)ccc5c14)c1cc4c(cc1B3c1cc3c(cc1N2c1cc2c(cc1C)C(C)(C)CCC2(C)C)C(C)(C)CCC3(C)C)C(C)(C)CC4(C)C. The van der Waals surface area contributed by atoms with Crippen molar-refractivity contribution in [1.82, 2.24) is 0 Å². The zero-order chi connectivity index (χ0) is 49.1. The lowest BCUT2D eigenvalue weighted by Gasteiger charge is -2.48. The van der Waals surface area contributed by atoms with Crippen molar-refractivity contribution < 1.29 is 4.42 Å². The lowest BCUT2D eigenvalue weighted by atomic mass is 9.32. The van der Waals surface area contributed by atoms with Gasteiger partial charge in [-0.2, -0.15) is 0 Å². The highest BCUT2D eigenvalue weighted by molar-refractivity contribution is 7.00. The smallest absolute Gasteiger partial charge is 0.252 e. The average molecular weight is 911 g/mol. The minimum Gasteiger partial charge on any atom is -0.456 e. The molecule has 0 saturated carbocycles. The van der Waals surface area contributed by atoms with E-state index in [1.165, 1.54) is 137 Å². The van der Waals surface area contributed by atoms with E-state index in [-0.39, 0.29) is 44.6 Å². The molecule has 0 bridgehead atoms. The molecule has 0 fully saturated rings. The van der Waals surface area contributed by atoms with Crippen LogP contribution in [0.5, 0.6) is 0 Å². The first-order chi connectivity index (χ1) is 32.1. The van der Waals surface area contributed by atoms with E-state index in [0.717, 1.165) is 17.6 Å². The minimum absolute atomic E-state index is 0.00709. The van der Waals surface area contributed by atoms with Crippen molar-refractivity contribution in [2.75, 3.05) is 9.80 Å². The van der Waals surface area contributed by atoms with Gasteiger partial charge in [0.2, 0.25) is 0 Å². The van der Waals surface area contributed by atoms with Crippen molar-refractivity contribution in [1.29, 1.82) is 0 Å². The highest BCUT2D eigenvalue weighted by Gasteiger charge is 2.50. The molecule has 0 spiro atoms. The molecule has 354 valence electrons. The molecule has 0 radical (unpaired) electrons. The Hall–Kier alpha value is -5.22. The van der Waals surface area contributed by atoms with E-state index >= 15 is 0 Å². The standard InChI is InChI=1S/C65H75BN2O/c1-37-27-53-58-54(28-37)68(50-33-44-41(29-38(50)2)60(6,7)23-25-62(44,10)11)52-34-45-42(61(8,9)24-26-63(45,12)13)31-47(52)66(58)48-32-43-46(65(16,17)36-64(43,14)15)35-51(48)67(53)49-19-18-20-55-57(49)40-22-21-39(59(3,4)5)30-56(40)69-55/h18-22,27-35H,23-26,36H2,1-17H3. The van der Waals surface area contributed by atoms with Crippen LogP contribution in [0.4, 0.5) is 34.1 Å². The van der Waals surface area contributed by atoms with Crippen LogP contribution in [0.3, 0.4) is 0 Å². The van der Waals surface area contributed by atoms with Gasteiger partial charge in [-0.05, 0) is 199 Å². The third-order valence-corrected chi connectivity index (χ3v) is 18.7. The number of furan rings is 1. The second-order valence-corrected chi connectivity index (χ2v) is 27.6. The first kappa shape index (κ1) is 45.0. The Labute approximate surface area is 414 Å². The molecule has 0 N–H and O–H groups in total. The van der Waals surface area contributed by atoms with Crippen LogP contribution in [0.15, 0.2) is 89.3 Å². The maximum Gasteiger partial charge on any atom is 0.252 e. The van der Waals surface area contributed by atoms with Gasteiger partial charge in [0.1, 0.15) is 11.2 Å². The molecule has 7 aromatic rings. The summed E-state index contributed by atoms with van der Waals surface area (Å²) in [5.41, 5.74) is 27.1. The maximum absolute atomic E-state index is 6.90. The third-order valence-electron chi connectivity index (χ3n) is 18.7. The van der Waals surface area contributed by atoms with E-state index in [4.69, 9.17) is 4.42 Å². The third kappa shape index (κ3) is 6.31. The van der Waals surface area contributed by atoms with Gasteiger partial charge in [-0.25, -0.2) is 0 Å². The summed E-state index contributed by atoms with van der Waals surface area (Å²) < 4.78 is 6.90. The largest absolute Gasteiger partial charge is 0.456 e. The number of nitrogens with zero attached hydrogens (tertiary/aromatic N) is 2. The summed E-state index contributed by atoms with van der Waals surface area (Å²) in [5.74, 6) is 0. The van der Waals surface area contributed by atoms with Gasteiger partial charge in [0.15, 0.2) is 0 Å². The van der Waals surface area contributed by atoms with Gasteiger partial charge in [-0.1, -0.05) is 140 Å². The van der Waals surface area contributed by atoms with Crippen molar-refractivity contribution in [3.8, 4) is 0 Å². The molecule has 6 aromatic carbocycles. The Morgan fingerprint density at radius 1 is 0.464 bits per heavy atom. The van der Waals surface area contributed by atoms with Gasteiger partial charge in [0.25, 0.3) is 6.71 Å². The van der Waals surface area contributed by atoms with E-state index in [0.29, 0.717) is 0 Å². The van der Waals surface area contributed by atoms with Crippen molar-refractivity contribution >= 4 is 79.2 Å². The van der Waals surface area contributed by atoms with Gasteiger partial charge in [-0.15, -0.1) is 0 Å². The number of anilines is 6. The van der Waals surface area contributed by atoms with Crippen LogP contribution in [0.25, 0.3) is 21.9 Å². The number of hydrogen-bond donors (Lipinski definition) is 0. The quantitative estimate of drug-likeness (QED) is 0.161. The monoisotopic (exact) mass is 911 g/mol. The van der Waals surface area contributed by atoms with E-state index in [9.17, 15) is 0 Å². The van der Waals surface area contributed by atoms with Crippen molar-refractivity contribution in [2.45, 2.75) is 188 Å². The topological polar surface area (TPSA) is 19.6 Å². The van der Waals surface area contributed by atoms with Gasteiger partial charge in [0, 0.05) is 33.8 Å². The molecular weight excluding hydrogens is 836 g/mol. The molecular formula is C65H75BN2O. The van der Waals surface area contributed by atoms with E-state index in [1.807, 2.05) is 0 Å². The summed E-state index contributed by atoms with van der Waals surface area (Å²) in [5, 5.41) is 2.34. The molecule has 69 heavy (non-hydrogen) atoms. The summed E-state index contributed by atoms with van der Waals surface area (Å²) in [7, 11) is 0. The Morgan fingerprint density at radius 2 is 0.928 bits per heavy atom. The van der Waals surface area contributed by atoms with Gasteiger partial charge < -0.3 is 14.2 Å². The zero-order valence-electron chi connectivity index (χ0n) is 45.0. The van der Waals surface area contributed by atoms with Gasteiger partial charge in [0.05, 0.1) is 11.1 Å². The van der Waals surface area contributed by atoms with Gasteiger partial charge in [-0.3, -0.25) is 0 Å². The molecule has 3 nitrogen and oxygen atoms in total. The highest BCUT2D eigenvalue weighted by Crippen LogP contribution is 2.56. The summed E-state index contributed by atoms with van der Waals surface area (Å²) in [6.45, 7) is 41.4. The molecule has 1 aromatic heterocycles. The Bertz CT molecular complexity index is 3400. The summed E-state index contributed by atoms with van der Waals surface area (Å²) in [6.07, 6.45) is 5.85. The molecule has 0 amide bonds. The highest BCUT2D eigenvalue weighted by atomic mass is 16.3. The predicted molar refractivity (Wildman–Crippen MR) is 297 cm³/mol. The fourth-order valence-electron chi connectivity index (χ4n) is 14.6. The normalized spacial score (nSPS) is 20.6. The first-order valence-electron chi connectivity index (χ1n) is 26.3. The Balaban J connectivity index is 1.23. The molecule has 0 saturated heterocycles. The molecule has 4 heteroatoms. The lowest BCUT2D eigenvalue weighted by Crippen LogP contribution is -2.62. The molecule has 0 unspecified atom stereocenters. The molecule has 5 aliphatic rings. The van der Waals surface area contributed by atoms with E-state index in [2.05, 4.69) is 212 Å².